The molecule has 5 heteroatoms. The van der Waals surface area contributed by atoms with E-state index in [0.29, 0.717) is 6.04 Å². The maximum Gasteiger partial charge on any atom is 0.186 e. The zero-order chi connectivity index (χ0) is 14.6. The highest BCUT2D eigenvalue weighted by Gasteiger charge is 2.25. The Morgan fingerprint density at radius 3 is 2.53 bits per heavy atom. The van der Waals surface area contributed by atoms with E-state index < -0.39 is 0 Å². The number of nitrogens with zero attached hydrogens (tertiary/aromatic N) is 2. The van der Waals surface area contributed by atoms with Gasteiger partial charge in [-0.3, -0.25) is 4.79 Å². The largest absolute Gasteiger partial charge is 0.348 e. The van der Waals surface area contributed by atoms with Crippen LogP contribution in [0.5, 0.6) is 0 Å². The maximum absolute atomic E-state index is 11.2. The second-order valence-electron chi connectivity index (χ2n) is 5.82. The number of carbonyl (C=O) groups is 1. The van der Waals surface area contributed by atoms with Crippen molar-refractivity contribution in [2.24, 2.45) is 0 Å². The fraction of sp³-hybridized carbons (Fsp3) is 0.714. The van der Waals surface area contributed by atoms with Gasteiger partial charge < -0.3 is 4.90 Å². The van der Waals surface area contributed by atoms with Gasteiger partial charge in [-0.2, -0.15) is 11.8 Å². The summed E-state index contributed by atoms with van der Waals surface area (Å²) in [5.74, 6) is 1.14. The van der Waals surface area contributed by atoms with Gasteiger partial charge in [0.15, 0.2) is 11.4 Å². The van der Waals surface area contributed by atoms with Crippen LogP contribution in [0.1, 0.15) is 49.5 Å². The van der Waals surface area contributed by atoms with Crippen molar-refractivity contribution in [3.05, 3.63) is 10.6 Å². The lowest BCUT2D eigenvalue weighted by molar-refractivity contribution is 0.112. The molecule has 0 amide bonds. The molecular formula is C14H24N2OS2. The molecule has 0 spiro atoms. The lowest BCUT2D eigenvalue weighted by Crippen LogP contribution is -2.29. The third-order valence-corrected chi connectivity index (χ3v) is 4.88. The number of aldehydes is 1. The van der Waals surface area contributed by atoms with E-state index in [4.69, 9.17) is 0 Å². The normalized spacial score (nSPS) is 13.4. The van der Waals surface area contributed by atoms with Crippen LogP contribution in [0.3, 0.4) is 0 Å². The van der Waals surface area contributed by atoms with Gasteiger partial charge in [-0.1, -0.05) is 32.1 Å². The Kier molecular flexibility index (Phi) is 5.86. The number of thiazole rings is 1. The molecule has 0 aliphatic carbocycles. The van der Waals surface area contributed by atoms with Crippen molar-refractivity contribution in [3.63, 3.8) is 0 Å². The number of anilines is 1. The standard InChI is InChI=1S/C14H24N2OS2/c1-10(7-8-18-6)16(5)13-15-12(14(2,3)4)11(9-17)19-13/h9-10H,7-8H2,1-6H3. The summed E-state index contributed by atoms with van der Waals surface area (Å²) in [5.41, 5.74) is 0.820. The minimum atomic E-state index is -0.0889. The summed E-state index contributed by atoms with van der Waals surface area (Å²) in [5, 5.41) is 0.945. The average Bonchev–Trinajstić information content (AvgIpc) is 2.78. The molecule has 108 valence electrons. The molecule has 1 rings (SSSR count). The highest BCUT2D eigenvalue weighted by molar-refractivity contribution is 7.98. The minimum Gasteiger partial charge on any atom is -0.348 e. The van der Waals surface area contributed by atoms with E-state index in [1.807, 2.05) is 11.8 Å². The van der Waals surface area contributed by atoms with Gasteiger partial charge in [-0.05, 0) is 25.4 Å². The third-order valence-electron chi connectivity index (χ3n) is 3.16. The van der Waals surface area contributed by atoms with Crippen molar-refractivity contribution in [2.75, 3.05) is 24.0 Å². The average molecular weight is 300 g/mol. The molecule has 1 unspecified atom stereocenters. The van der Waals surface area contributed by atoms with Crippen LogP contribution in [-0.4, -0.2) is 36.4 Å². The van der Waals surface area contributed by atoms with Gasteiger partial charge in [0.05, 0.1) is 10.6 Å². The van der Waals surface area contributed by atoms with Crippen LogP contribution >= 0.6 is 23.1 Å². The van der Waals surface area contributed by atoms with Crippen molar-refractivity contribution in [1.29, 1.82) is 0 Å². The van der Waals surface area contributed by atoms with Crippen molar-refractivity contribution in [2.45, 2.75) is 45.6 Å². The van der Waals surface area contributed by atoms with Crippen LogP contribution in [0.4, 0.5) is 5.13 Å². The number of carbonyl (C=O) groups excluding carboxylic acids is 1. The first-order valence-electron chi connectivity index (χ1n) is 6.49. The summed E-state index contributed by atoms with van der Waals surface area (Å²) < 4.78 is 0. The van der Waals surface area contributed by atoms with Gasteiger partial charge in [0.1, 0.15) is 0 Å². The molecular weight excluding hydrogens is 276 g/mol. The first-order valence-corrected chi connectivity index (χ1v) is 8.70. The van der Waals surface area contributed by atoms with Crippen LogP contribution < -0.4 is 4.90 Å². The molecule has 0 N–H and O–H groups in total. The Hall–Kier alpha value is -0.550. The first-order chi connectivity index (χ1) is 8.81. The van der Waals surface area contributed by atoms with E-state index in [-0.39, 0.29) is 5.41 Å². The maximum atomic E-state index is 11.2. The van der Waals surface area contributed by atoms with E-state index in [1.54, 1.807) is 0 Å². The molecule has 1 atom stereocenters. The summed E-state index contributed by atoms with van der Waals surface area (Å²) in [4.78, 5) is 18.8. The lowest BCUT2D eigenvalue weighted by Gasteiger charge is -2.24. The molecule has 1 aromatic heterocycles. The topological polar surface area (TPSA) is 33.2 Å². The number of hydrogen-bond acceptors (Lipinski definition) is 5. The van der Waals surface area contributed by atoms with Crippen LogP contribution in [-0.2, 0) is 5.41 Å². The number of rotatable bonds is 6. The van der Waals surface area contributed by atoms with Gasteiger partial charge >= 0.3 is 0 Å². The van der Waals surface area contributed by atoms with Crippen LogP contribution in [0.15, 0.2) is 0 Å². The molecule has 3 nitrogen and oxygen atoms in total. The van der Waals surface area contributed by atoms with E-state index in [1.165, 1.54) is 11.3 Å². The van der Waals surface area contributed by atoms with E-state index in [9.17, 15) is 4.79 Å². The Balaban J connectivity index is 2.95. The van der Waals surface area contributed by atoms with E-state index in [0.717, 1.165) is 34.2 Å². The predicted molar refractivity (Wildman–Crippen MR) is 87.1 cm³/mol. The molecule has 1 aromatic rings. The highest BCUT2D eigenvalue weighted by atomic mass is 32.2. The fourth-order valence-corrected chi connectivity index (χ4v) is 3.49. The first kappa shape index (κ1) is 16.5. The van der Waals surface area contributed by atoms with Gasteiger partial charge in [0.25, 0.3) is 0 Å². The number of thioether (sulfide) groups is 1. The highest BCUT2D eigenvalue weighted by Crippen LogP contribution is 2.33. The molecule has 0 aliphatic heterocycles. The van der Waals surface area contributed by atoms with Crippen molar-refractivity contribution >= 4 is 34.5 Å². The SMILES string of the molecule is CSCCC(C)N(C)c1nc(C(C)(C)C)c(C=O)s1. The molecule has 0 saturated heterocycles. The molecule has 0 bridgehead atoms. The number of aromatic nitrogens is 1. The smallest absolute Gasteiger partial charge is 0.186 e. The Labute approximate surface area is 124 Å². The zero-order valence-corrected chi connectivity index (χ0v) is 14.3. The van der Waals surface area contributed by atoms with Crippen molar-refractivity contribution in [1.82, 2.24) is 4.98 Å². The molecule has 0 radical (unpaired) electrons. The molecule has 0 aliphatic rings. The van der Waals surface area contributed by atoms with Crippen molar-refractivity contribution in [3.8, 4) is 0 Å². The number of hydrogen-bond donors (Lipinski definition) is 0. The summed E-state index contributed by atoms with van der Waals surface area (Å²) in [6.45, 7) is 8.48. The Morgan fingerprint density at radius 2 is 2.11 bits per heavy atom. The summed E-state index contributed by atoms with van der Waals surface area (Å²) in [6, 6.07) is 0.436. The van der Waals surface area contributed by atoms with Gasteiger partial charge in [0, 0.05) is 18.5 Å². The minimum absolute atomic E-state index is 0.0889. The summed E-state index contributed by atoms with van der Waals surface area (Å²) >= 11 is 3.36. The van der Waals surface area contributed by atoms with Gasteiger partial charge in [0.2, 0.25) is 0 Å². The second-order valence-corrected chi connectivity index (χ2v) is 7.81. The van der Waals surface area contributed by atoms with E-state index in [2.05, 4.69) is 50.9 Å². The van der Waals surface area contributed by atoms with Crippen LogP contribution in [0, 0.1) is 0 Å². The van der Waals surface area contributed by atoms with Gasteiger partial charge in [-0.25, -0.2) is 4.98 Å². The summed E-state index contributed by atoms with van der Waals surface area (Å²) in [6.07, 6.45) is 4.18. The fourth-order valence-electron chi connectivity index (χ4n) is 1.76. The lowest BCUT2D eigenvalue weighted by atomic mass is 9.91. The quantitative estimate of drug-likeness (QED) is 0.748. The van der Waals surface area contributed by atoms with E-state index >= 15 is 0 Å². The van der Waals surface area contributed by atoms with Gasteiger partial charge in [-0.15, -0.1) is 0 Å². The second kappa shape index (κ2) is 6.75. The third kappa shape index (κ3) is 4.21. The molecule has 19 heavy (non-hydrogen) atoms. The Morgan fingerprint density at radius 1 is 1.47 bits per heavy atom. The van der Waals surface area contributed by atoms with Crippen LogP contribution in [0.2, 0.25) is 0 Å². The molecule has 1 heterocycles. The molecule has 0 saturated carbocycles. The zero-order valence-electron chi connectivity index (χ0n) is 12.7. The van der Waals surface area contributed by atoms with Crippen LogP contribution in [0.25, 0.3) is 0 Å². The Bertz CT molecular complexity index is 424. The van der Waals surface area contributed by atoms with Crippen molar-refractivity contribution < 1.29 is 4.79 Å². The monoisotopic (exact) mass is 300 g/mol. The predicted octanol–water partition coefficient (Wildman–Crippen LogP) is 3.83. The summed E-state index contributed by atoms with van der Waals surface area (Å²) in [7, 11) is 2.06. The molecule has 0 aromatic carbocycles. The molecule has 0 fully saturated rings.